The van der Waals surface area contributed by atoms with E-state index in [2.05, 4.69) is 11.9 Å². The number of hydrogen-bond donors (Lipinski definition) is 0. The topological polar surface area (TPSA) is 22.1 Å². The highest BCUT2D eigenvalue weighted by atomic mass is 19.2. The van der Waals surface area contributed by atoms with Crippen LogP contribution in [-0.4, -0.2) is 11.6 Å². The fourth-order valence-electron chi connectivity index (χ4n) is 3.90. The Balaban J connectivity index is 1.42. The number of halogens is 3. The molecule has 3 aromatic carbocycles. The molecule has 1 heterocycles. The van der Waals surface area contributed by atoms with Crippen LogP contribution >= 0.6 is 0 Å². The van der Waals surface area contributed by atoms with E-state index in [-0.39, 0.29) is 17.1 Å². The third-order valence-corrected chi connectivity index (χ3v) is 6.04. The molecule has 0 N–H and O–H groups in total. The van der Waals surface area contributed by atoms with Gasteiger partial charge in [0.15, 0.2) is 23.2 Å². The lowest BCUT2D eigenvalue weighted by Crippen LogP contribution is -2.00. The smallest absolute Gasteiger partial charge is 0.166 e. The van der Waals surface area contributed by atoms with E-state index in [0.29, 0.717) is 30.6 Å². The SMILES string of the molecule is CCCCOc1ccc(-c2ccc(CCc3ccc(-c4ccc(C)nc4)c(F)c3F)cc2)cc1F. The third kappa shape index (κ3) is 5.91. The van der Waals surface area contributed by atoms with Crippen molar-refractivity contribution in [1.29, 1.82) is 0 Å². The van der Waals surface area contributed by atoms with Crippen LogP contribution in [0.2, 0.25) is 0 Å². The summed E-state index contributed by atoms with van der Waals surface area (Å²) in [5.41, 5.74) is 4.52. The van der Waals surface area contributed by atoms with Crippen LogP contribution in [0.5, 0.6) is 5.75 Å². The molecule has 0 aliphatic rings. The van der Waals surface area contributed by atoms with Gasteiger partial charge in [-0.2, -0.15) is 0 Å². The molecule has 0 atom stereocenters. The van der Waals surface area contributed by atoms with Gasteiger partial charge in [0.2, 0.25) is 0 Å². The number of pyridine rings is 1. The van der Waals surface area contributed by atoms with E-state index in [0.717, 1.165) is 35.2 Å². The standard InChI is InChI=1S/C30H28F3NO/c1-3-4-17-35-28-16-14-24(18-27(28)31)22-10-6-21(7-11-22)8-12-23-13-15-26(30(33)29(23)32)25-9-5-20(2)34-19-25/h5-7,9-11,13-16,18-19H,3-4,8,12,17H2,1-2H3. The van der Waals surface area contributed by atoms with Crippen LogP contribution in [-0.2, 0) is 12.8 Å². The monoisotopic (exact) mass is 475 g/mol. The van der Waals surface area contributed by atoms with E-state index in [1.807, 2.05) is 37.3 Å². The molecule has 0 unspecified atom stereocenters. The molecule has 4 aromatic rings. The summed E-state index contributed by atoms with van der Waals surface area (Å²) in [5, 5.41) is 0. The van der Waals surface area contributed by atoms with Crippen LogP contribution in [0.4, 0.5) is 13.2 Å². The van der Waals surface area contributed by atoms with Gasteiger partial charge < -0.3 is 4.74 Å². The second-order valence-corrected chi connectivity index (χ2v) is 8.63. The van der Waals surface area contributed by atoms with Crippen LogP contribution in [0.1, 0.15) is 36.6 Å². The van der Waals surface area contributed by atoms with E-state index in [9.17, 15) is 13.2 Å². The zero-order chi connectivity index (χ0) is 24.8. The largest absolute Gasteiger partial charge is 0.491 e. The van der Waals surface area contributed by atoms with Crippen LogP contribution < -0.4 is 4.74 Å². The second-order valence-electron chi connectivity index (χ2n) is 8.63. The van der Waals surface area contributed by atoms with Gasteiger partial charge in [0, 0.05) is 23.0 Å². The van der Waals surface area contributed by atoms with Crippen molar-refractivity contribution in [2.24, 2.45) is 0 Å². The van der Waals surface area contributed by atoms with Gasteiger partial charge in [-0.25, -0.2) is 13.2 Å². The quantitative estimate of drug-likeness (QED) is 0.228. The van der Waals surface area contributed by atoms with Crippen molar-refractivity contribution in [3.63, 3.8) is 0 Å². The summed E-state index contributed by atoms with van der Waals surface area (Å²) in [6, 6.07) is 19.4. The van der Waals surface area contributed by atoms with E-state index in [1.54, 1.807) is 36.5 Å². The number of aryl methyl sites for hydroxylation is 3. The summed E-state index contributed by atoms with van der Waals surface area (Å²) in [6.45, 7) is 4.40. The Morgan fingerprint density at radius 1 is 0.771 bits per heavy atom. The molecule has 0 saturated carbocycles. The maximum Gasteiger partial charge on any atom is 0.166 e. The first-order chi connectivity index (χ1) is 17.0. The number of aromatic nitrogens is 1. The average Bonchev–Trinajstić information content (AvgIpc) is 2.87. The van der Waals surface area contributed by atoms with Gasteiger partial charge in [-0.05, 0) is 66.6 Å². The molecule has 2 nitrogen and oxygen atoms in total. The molecule has 0 aliphatic carbocycles. The highest BCUT2D eigenvalue weighted by Gasteiger charge is 2.15. The van der Waals surface area contributed by atoms with Gasteiger partial charge in [-0.3, -0.25) is 4.98 Å². The maximum absolute atomic E-state index is 14.7. The molecule has 4 rings (SSSR count). The molecule has 0 saturated heterocycles. The van der Waals surface area contributed by atoms with Gasteiger partial charge in [-0.15, -0.1) is 0 Å². The molecule has 35 heavy (non-hydrogen) atoms. The molecule has 0 bridgehead atoms. The fourth-order valence-corrected chi connectivity index (χ4v) is 3.90. The van der Waals surface area contributed by atoms with E-state index < -0.39 is 11.6 Å². The summed E-state index contributed by atoms with van der Waals surface area (Å²) in [6.07, 6.45) is 4.35. The predicted octanol–water partition coefficient (Wildman–Crippen LogP) is 8.11. The van der Waals surface area contributed by atoms with Crippen molar-refractivity contribution in [1.82, 2.24) is 4.98 Å². The Labute approximate surface area is 204 Å². The van der Waals surface area contributed by atoms with Crippen molar-refractivity contribution in [2.45, 2.75) is 39.5 Å². The summed E-state index contributed by atoms with van der Waals surface area (Å²) >= 11 is 0. The zero-order valence-corrected chi connectivity index (χ0v) is 20.0. The first-order valence-electron chi connectivity index (χ1n) is 11.9. The molecule has 0 aliphatic heterocycles. The minimum Gasteiger partial charge on any atom is -0.491 e. The first kappa shape index (κ1) is 24.5. The summed E-state index contributed by atoms with van der Waals surface area (Å²) in [4.78, 5) is 4.16. The first-order valence-corrected chi connectivity index (χ1v) is 11.9. The molecule has 1 aromatic heterocycles. The van der Waals surface area contributed by atoms with Gasteiger partial charge in [0.05, 0.1) is 6.61 Å². The number of unbranched alkanes of at least 4 members (excludes halogenated alkanes) is 1. The molecular weight excluding hydrogens is 447 g/mol. The molecular formula is C30H28F3NO. The Morgan fingerprint density at radius 2 is 1.51 bits per heavy atom. The molecule has 0 spiro atoms. The number of hydrogen-bond acceptors (Lipinski definition) is 2. The number of nitrogens with zero attached hydrogens (tertiary/aromatic N) is 1. The summed E-state index contributed by atoms with van der Waals surface area (Å²) in [7, 11) is 0. The Hall–Kier alpha value is -3.60. The minimum absolute atomic E-state index is 0.206. The lowest BCUT2D eigenvalue weighted by atomic mass is 9.98. The van der Waals surface area contributed by atoms with Gasteiger partial charge >= 0.3 is 0 Å². The van der Waals surface area contributed by atoms with Crippen LogP contribution in [0.3, 0.4) is 0 Å². The van der Waals surface area contributed by atoms with Gasteiger partial charge in [0.25, 0.3) is 0 Å². The van der Waals surface area contributed by atoms with E-state index in [4.69, 9.17) is 4.74 Å². The minimum atomic E-state index is -0.854. The lowest BCUT2D eigenvalue weighted by molar-refractivity contribution is 0.294. The van der Waals surface area contributed by atoms with Gasteiger partial charge in [0.1, 0.15) is 0 Å². The molecule has 5 heteroatoms. The van der Waals surface area contributed by atoms with Gasteiger partial charge in [-0.1, -0.05) is 61.9 Å². The fraction of sp³-hybridized carbons (Fsp3) is 0.233. The second kappa shape index (κ2) is 11.2. The molecule has 0 radical (unpaired) electrons. The average molecular weight is 476 g/mol. The van der Waals surface area contributed by atoms with E-state index in [1.165, 1.54) is 6.07 Å². The normalized spacial score (nSPS) is 11.0. The molecule has 180 valence electrons. The van der Waals surface area contributed by atoms with E-state index >= 15 is 0 Å². The number of ether oxygens (including phenoxy) is 1. The van der Waals surface area contributed by atoms with Crippen molar-refractivity contribution in [3.05, 3.63) is 107 Å². The third-order valence-electron chi connectivity index (χ3n) is 6.04. The summed E-state index contributed by atoms with van der Waals surface area (Å²) in [5.74, 6) is -1.80. The van der Waals surface area contributed by atoms with Crippen LogP contribution in [0.25, 0.3) is 22.3 Å². The van der Waals surface area contributed by atoms with Crippen molar-refractivity contribution in [2.75, 3.05) is 6.61 Å². The van der Waals surface area contributed by atoms with Crippen molar-refractivity contribution < 1.29 is 17.9 Å². The molecule has 0 amide bonds. The number of rotatable bonds is 9. The Kier molecular flexibility index (Phi) is 7.86. The Morgan fingerprint density at radius 3 is 2.20 bits per heavy atom. The highest BCUT2D eigenvalue weighted by molar-refractivity contribution is 5.65. The zero-order valence-electron chi connectivity index (χ0n) is 20.0. The predicted molar refractivity (Wildman–Crippen MR) is 134 cm³/mol. The van der Waals surface area contributed by atoms with Crippen molar-refractivity contribution in [3.8, 4) is 28.0 Å². The number of benzene rings is 3. The lowest BCUT2D eigenvalue weighted by Gasteiger charge is -2.10. The maximum atomic E-state index is 14.7. The molecule has 0 fully saturated rings. The van der Waals surface area contributed by atoms with Crippen LogP contribution in [0.15, 0.2) is 72.9 Å². The highest BCUT2D eigenvalue weighted by Crippen LogP contribution is 2.28. The summed E-state index contributed by atoms with van der Waals surface area (Å²) < 4.78 is 49.3. The van der Waals surface area contributed by atoms with Crippen LogP contribution in [0, 0.1) is 24.4 Å². The Bertz CT molecular complexity index is 1280. The van der Waals surface area contributed by atoms with Crippen molar-refractivity contribution >= 4 is 0 Å².